The average molecular weight is 315 g/mol. The molecule has 6 heteroatoms. The van der Waals surface area contributed by atoms with Gasteiger partial charge in [-0.05, 0) is 30.3 Å². The summed E-state index contributed by atoms with van der Waals surface area (Å²) in [6.07, 6.45) is 3.08. The van der Waals surface area contributed by atoms with E-state index < -0.39 is 5.82 Å². The van der Waals surface area contributed by atoms with Crippen molar-refractivity contribution in [3.05, 3.63) is 59.8 Å². The molecule has 1 aromatic carbocycles. The van der Waals surface area contributed by atoms with E-state index in [2.05, 4.69) is 9.97 Å². The lowest BCUT2D eigenvalue weighted by Crippen LogP contribution is -1.95. The van der Waals surface area contributed by atoms with E-state index in [1.54, 1.807) is 30.5 Å². The van der Waals surface area contributed by atoms with Gasteiger partial charge in [0, 0.05) is 6.07 Å². The van der Waals surface area contributed by atoms with Gasteiger partial charge in [-0.15, -0.1) is 0 Å². The number of hydrogen-bond donors (Lipinski definition) is 0. The Morgan fingerprint density at radius 3 is 1.91 bits per heavy atom. The molecule has 0 aliphatic rings. The standard InChI is InChI=1S/C16H8ClFN2O2/c17-9-7-11-12(8-10(9)18)20-16(14-4-2-6-22-14)15(19-11)13-3-1-5-21-13/h1-8H. The van der Waals surface area contributed by atoms with Crippen LogP contribution in [0.4, 0.5) is 4.39 Å². The summed E-state index contributed by atoms with van der Waals surface area (Å²) < 4.78 is 24.5. The highest BCUT2D eigenvalue weighted by Crippen LogP contribution is 2.32. The van der Waals surface area contributed by atoms with Crippen LogP contribution in [0.2, 0.25) is 5.02 Å². The predicted molar refractivity (Wildman–Crippen MR) is 79.9 cm³/mol. The maximum atomic E-state index is 13.7. The Morgan fingerprint density at radius 2 is 1.41 bits per heavy atom. The summed E-state index contributed by atoms with van der Waals surface area (Å²) in [7, 11) is 0. The molecule has 0 amide bonds. The molecule has 0 bridgehead atoms. The molecule has 0 N–H and O–H groups in total. The minimum Gasteiger partial charge on any atom is -0.463 e. The van der Waals surface area contributed by atoms with E-state index in [0.29, 0.717) is 33.9 Å². The smallest absolute Gasteiger partial charge is 0.154 e. The first-order valence-corrected chi connectivity index (χ1v) is 6.85. The van der Waals surface area contributed by atoms with Gasteiger partial charge in [-0.25, -0.2) is 14.4 Å². The van der Waals surface area contributed by atoms with E-state index in [0.717, 1.165) is 0 Å². The molecule has 4 aromatic rings. The SMILES string of the molecule is Fc1cc2nc(-c3ccco3)c(-c3ccco3)nc2cc1Cl. The summed E-state index contributed by atoms with van der Waals surface area (Å²) >= 11 is 5.82. The quantitative estimate of drug-likeness (QED) is 0.525. The van der Waals surface area contributed by atoms with Gasteiger partial charge >= 0.3 is 0 Å². The third kappa shape index (κ3) is 2.07. The van der Waals surface area contributed by atoms with Crippen LogP contribution in [0.5, 0.6) is 0 Å². The van der Waals surface area contributed by atoms with Gasteiger partial charge in [0.25, 0.3) is 0 Å². The summed E-state index contributed by atoms with van der Waals surface area (Å²) in [5, 5.41) is -0.00190. The minimum absolute atomic E-state index is 0.00190. The first-order chi connectivity index (χ1) is 10.7. The highest BCUT2D eigenvalue weighted by molar-refractivity contribution is 6.31. The number of fused-ring (bicyclic) bond motifs is 1. The molecule has 0 spiro atoms. The largest absolute Gasteiger partial charge is 0.463 e. The second-order valence-electron chi connectivity index (χ2n) is 4.63. The van der Waals surface area contributed by atoms with Gasteiger partial charge in [-0.3, -0.25) is 0 Å². The third-order valence-corrected chi connectivity index (χ3v) is 3.51. The van der Waals surface area contributed by atoms with Crippen LogP contribution < -0.4 is 0 Å². The second-order valence-corrected chi connectivity index (χ2v) is 5.04. The Kier molecular flexibility index (Phi) is 2.94. The molecule has 0 aliphatic carbocycles. The molecule has 0 fully saturated rings. The molecule has 0 aliphatic heterocycles. The van der Waals surface area contributed by atoms with E-state index in [1.165, 1.54) is 18.4 Å². The van der Waals surface area contributed by atoms with E-state index in [9.17, 15) is 4.39 Å². The number of benzene rings is 1. The van der Waals surface area contributed by atoms with E-state index >= 15 is 0 Å². The topological polar surface area (TPSA) is 52.1 Å². The van der Waals surface area contributed by atoms with Gasteiger partial charge in [0.15, 0.2) is 11.5 Å². The van der Waals surface area contributed by atoms with Gasteiger partial charge in [0.2, 0.25) is 0 Å². The predicted octanol–water partition coefficient (Wildman–Crippen LogP) is 4.94. The van der Waals surface area contributed by atoms with E-state index in [4.69, 9.17) is 20.4 Å². The fraction of sp³-hybridized carbons (Fsp3) is 0. The number of hydrogen-bond acceptors (Lipinski definition) is 4. The van der Waals surface area contributed by atoms with E-state index in [-0.39, 0.29) is 5.02 Å². The first kappa shape index (κ1) is 13.0. The molecule has 0 atom stereocenters. The zero-order valence-corrected chi connectivity index (χ0v) is 11.8. The Bertz CT molecular complexity index is 871. The fourth-order valence-corrected chi connectivity index (χ4v) is 2.38. The average Bonchev–Trinajstić information content (AvgIpc) is 3.21. The molecule has 4 rings (SSSR count). The van der Waals surface area contributed by atoms with Crippen molar-refractivity contribution in [2.75, 3.05) is 0 Å². The summed E-state index contributed by atoms with van der Waals surface area (Å²) in [5.74, 6) is 0.525. The van der Waals surface area contributed by atoms with Crippen LogP contribution >= 0.6 is 11.6 Å². The van der Waals surface area contributed by atoms with Gasteiger partial charge < -0.3 is 8.83 Å². The highest BCUT2D eigenvalue weighted by Gasteiger charge is 2.18. The lowest BCUT2D eigenvalue weighted by Gasteiger charge is -2.07. The van der Waals surface area contributed by atoms with Crippen molar-refractivity contribution in [1.29, 1.82) is 0 Å². The van der Waals surface area contributed by atoms with Crippen LogP contribution in [0.3, 0.4) is 0 Å². The van der Waals surface area contributed by atoms with Crippen molar-refractivity contribution in [2.24, 2.45) is 0 Å². The van der Waals surface area contributed by atoms with Crippen molar-refractivity contribution in [2.45, 2.75) is 0 Å². The maximum Gasteiger partial charge on any atom is 0.154 e. The molecule has 0 unspecified atom stereocenters. The highest BCUT2D eigenvalue weighted by atomic mass is 35.5. The molecule has 0 saturated heterocycles. The molecule has 108 valence electrons. The normalized spacial score (nSPS) is 11.2. The van der Waals surface area contributed by atoms with Crippen LogP contribution in [-0.4, -0.2) is 9.97 Å². The molecule has 0 saturated carbocycles. The number of halogens is 2. The van der Waals surface area contributed by atoms with Gasteiger partial charge in [-0.2, -0.15) is 0 Å². The molecular formula is C16H8ClFN2O2. The molecule has 3 heterocycles. The second kappa shape index (κ2) is 4.96. The number of rotatable bonds is 2. The Balaban J connectivity index is 2.06. The first-order valence-electron chi connectivity index (χ1n) is 6.47. The number of nitrogens with zero attached hydrogens (tertiary/aromatic N) is 2. The zero-order chi connectivity index (χ0) is 15.1. The van der Waals surface area contributed by atoms with Crippen LogP contribution in [0.15, 0.2) is 57.8 Å². The molecule has 0 radical (unpaired) electrons. The molecular weight excluding hydrogens is 307 g/mol. The van der Waals surface area contributed by atoms with Crippen molar-refractivity contribution in [3.8, 4) is 22.9 Å². The Morgan fingerprint density at radius 1 is 0.864 bits per heavy atom. The Hall–Kier alpha value is -2.66. The Labute approximate surface area is 129 Å². The van der Waals surface area contributed by atoms with Gasteiger partial charge in [0.05, 0.1) is 28.6 Å². The van der Waals surface area contributed by atoms with Crippen molar-refractivity contribution in [3.63, 3.8) is 0 Å². The zero-order valence-electron chi connectivity index (χ0n) is 11.1. The minimum atomic E-state index is -0.542. The van der Waals surface area contributed by atoms with Crippen molar-refractivity contribution in [1.82, 2.24) is 9.97 Å². The van der Waals surface area contributed by atoms with Crippen LogP contribution in [0, 0.1) is 5.82 Å². The molecule has 4 nitrogen and oxygen atoms in total. The lowest BCUT2D eigenvalue weighted by molar-refractivity contribution is 0.572. The van der Waals surface area contributed by atoms with Crippen molar-refractivity contribution < 1.29 is 13.2 Å². The van der Waals surface area contributed by atoms with Crippen LogP contribution in [0.1, 0.15) is 0 Å². The summed E-state index contributed by atoms with van der Waals surface area (Å²) in [6, 6.07) is 9.73. The number of furan rings is 2. The van der Waals surface area contributed by atoms with Gasteiger partial charge in [-0.1, -0.05) is 11.6 Å². The lowest BCUT2D eigenvalue weighted by atomic mass is 10.2. The number of aromatic nitrogens is 2. The molecule has 22 heavy (non-hydrogen) atoms. The van der Waals surface area contributed by atoms with Crippen molar-refractivity contribution >= 4 is 22.6 Å². The maximum absolute atomic E-state index is 13.7. The fourth-order valence-electron chi connectivity index (χ4n) is 2.22. The van der Waals surface area contributed by atoms with Crippen LogP contribution in [-0.2, 0) is 0 Å². The monoisotopic (exact) mass is 314 g/mol. The summed E-state index contributed by atoms with van der Waals surface area (Å²) in [6.45, 7) is 0. The van der Waals surface area contributed by atoms with Crippen LogP contribution in [0.25, 0.3) is 33.9 Å². The molecule has 3 aromatic heterocycles. The van der Waals surface area contributed by atoms with E-state index in [1.807, 2.05) is 0 Å². The summed E-state index contributed by atoms with van der Waals surface area (Å²) in [5.41, 5.74) is 1.86. The van der Waals surface area contributed by atoms with Gasteiger partial charge in [0.1, 0.15) is 17.2 Å². The third-order valence-electron chi connectivity index (χ3n) is 3.22. The summed E-state index contributed by atoms with van der Waals surface area (Å²) in [4.78, 5) is 8.97.